The summed E-state index contributed by atoms with van der Waals surface area (Å²) in [6.07, 6.45) is 4.41. The number of rotatable bonds is 6. The van der Waals surface area contributed by atoms with Gasteiger partial charge in [0.2, 0.25) is 5.88 Å². The molecule has 0 saturated heterocycles. The molecule has 3 nitrogen and oxygen atoms in total. The number of hydrogen-bond acceptors (Lipinski definition) is 3. The van der Waals surface area contributed by atoms with Crippen LogP contribution in [0.4, 0.5) is 5.69 Å². The molecular formula is C17H20N2O. The van der Waals surface area contributed by atoms with Crippen molar-refractivity contribution in [2.45, 2.75) is 32.2 Å². The first-order valence-corrected chi connectivity index (χ1v) is 7.28. The summed E-state index contributed by atoms with van der Waals surface area (Å²) in [5.41, 5.74) is 3.82. The Morgan fingerprint density at radius 3 is 2.85 bits per heavy atom. The number of nitrogens with one attached hydrogen (secondary N) is 1. The van der Waals surface area contributed by atoms with Gasteiger partial charge in [-0.15, -0.1) is 0 Å². The Labute approximate surface area is 120 Å². The molecule has 0 unspecified atom stereocenters. The van der Waals surface area contributed by atoms with E-state index in [4.69, 9.17) is 4.74 Å². The molecule has 2 aromatic rings. The molecule has 0 radical (unpaired) electrons. The molecule has 1 N–H and O–H groups in total. The molecular weight excluding hydrogens is 248 g/mol. The summed E-state index contributed by atoms with van der Waals surface area (Å²) in [6.45, 7) is 3.42. The van der Waals surface area contributed by atoms with E-state index >= 15 is 0 Å². The van der Waals surface area contributed by atoms with Gasteiger partial charge >= 0.3 is 0 Å². The molecule has 1 aromatic heterocycles. The van der Waals surface area contributed by atoms with Crippen LogP contribution in [0.5, 0.6) is 5.88 Å². The molecule has 0 spiro atoms. The monoisotopic (exact) mass is 268 g/mol. The maximum absolute atomic E-state index is 5.54. The number of ether oxygens (including phenoxy) is 1. The molecule has 3 heteroatoms. The van der Waals surface area contributed by atoms with Gasteiger partial charge in [-0.3, -0.25) is 0 Å². The molecule has 1 saturated carbocycles. The summed E-state index contributed by atoms with van der Waals surface area (Å²) in [7, 11) is 0. The van der Waals surface area contributed by atoms with Crippen molar-refractivity contribution >= 4 is 5.69 Å². The third-order valence-electron chi connectivity index (χ3n) is 3.59. The van der Waals surface area contributed by atoms with E-state index < -0.39 is 0 Å². The van der Waals surface area contributed by atoms with Gasteiger partial charge in [-0.2, -0.15) is 0 Å². The van der Waals surface area contributed by atoms with Gasteiger partial charge in [-0.1, -0.05) is 24.3 Å². The van der Waals surface area contributed by atoms with Crippen LogP contribution < -0.4 is 10.1 Å². The van der Waals surface area contributed by atoms with Crippen molar-refractivity contribution in [3.05, 3.63) is 53.7 Å². The first-order chi connectivity index (χ1) is 9.88. The van der Waals surface area contributed by atoms with Crippen LogP contribution in [-0.4, -0.2) is 11.6 Å². The third-order valence-corrected chi connectivity index (χ3v) is 3.59. The highest BCUT2D eigenvalue weighted by atomic mass is 16.5. The molecule has 1 aliphatic rings. The van der Waals surface area contributed by atoms with Gasteiger partial charge < -0.3 is 10.1 Å². The van der Waals surface area contributed by atoms with Crippen LogP contribution in [0.25, 0.3) is 0 Å². The van der Waals surface area contributed by atoms with Crippen LogP contribution in [0.15, 0.2) is 42.6 Å². The largest absolute Gasteiger partial charge is 0.476 e. The van der Waals surface area contributed by atoms with Crippen LogP contribution in [0.2, 0.25) is 0 Å². The normalized spacial score (nSPS) is 14.1. The van der Waals surface area contributed by atoms with E-state index in [1.54, 1.807) is 6.20 Å². The van der Waals surface area contributed by atoms with Crippen molar-refractivity contribution in [3.8, 4) is 5.88 Å². The summed E-state index contributed by atoms with van der Waals surface area (Å²) in [5.74, 6) is 1.45. The lowest BCUT2D eigenvalue weighted by Gasteiger charge is -2.13. The molecule has 0 atom stereocenters. The summed E-state index contributed by atoms with van der Waals surface area (Å²) >= 11 is 0. The zero-order chi connectivity index (χ0) is 13.8. The second-order valence-electron chi connectivity index (χ2n) is 5.12. The average molecular weight is 268 g/mol. The Kier molecular flexibility index (Phi) is 3.86. The standard InChI is InChI=1S/C17H20N2O/c1-2-20-17-16(8-5-11-18-17)19-12-14-6-3-4-7-15(14)13-9-10-13/h3-8,11,13,19H,2,9-10,12H2,1H3. The van der Waals surface area contributed by atoms with Gasteiger partial charge in [0.25, 0.3) is 0 Å². The van der Waals surface area contributed by atoms with Gasteiger partial charge in [0.1, 0.15) is 0 Å². The molecule has 1 fully saturated rings. The van der Waals surface area contributed by atoms with E-state index in [2.05, 4.69) is 34.6 Å². The van der Waals surface area contributed by atoms with Crippen molar-refractivity contribution in [2.75, 3.05) is 11.9 Å². The van der Waals surface area contributed by atoms with Gasteiger partial charge in [-0.25, -0.2) is 4.98 Å². The van der Waals surface area contributed by atoms with Gasteiger partial charge in [-0.05, 0) is 48.9 Å². The average Bonchev–Trinajstić information content (AvgIpc) is 3.32. The quantitative estimate of drug-likeness (QED) is 0.860. The summed E-state index contributed by atoms with van der Waals surface area (Å²) in [4.78, 5) is 4.27. The van der Waals surface area contributed by atoms with Gasteiger partial charge in [0.15, 0.2) is 0 Å². The fourth-order valence-corrected chi connectivity index (χ4v) is 2.46. The molecule has 1 aromatic carbocycles. The van der Waals surface area contributed by atoms with Crippen LogP contribution in [-0.2, 0) is 6.54 Å². The second-order valence-corrected chi connectivity index (χ2v) is 5.12. The number of nitrogens with zero attached hydrogens (tertiary/aromatic N) is 1. The highest BCUT2D eigenvalue weighted by Gasteiger charge is 2.25. The fourth-order valence-electron chi connectivity index (χ4n) is 2.46. The van der Waals surface area contributed by atoms with Crippen molar-refractivity contribution < 1.29 is 4.74 Å². The summed E-state index contributed by atoms with van der Waals surface area (Å²) in [5, 5.41) is 3.45. The van der Waals surface area contributed by atoms with Crippen molar-refractivity contribution in [3.63, 3.8) is 0 Å². The Bertz CT molecular complexity index is 579. The molecule has 1 heterocycles. The summed E-state index contributed by atoms with van der Waals surface area (Å²) < 4.78 is 5.54. The topological polar surface area (TPSA) is 34.1 Å². The third kappa shape index (κ3) is 2.93. The minimum atomic E-state index is 0.629. The first kappa shape index (κ1) is 13.0. The number of anilines is 1. The zero-order valence-corrected chi connectivity index (χ0v) is 11.8. The highest BCUT2D eigenvalue weighted by molar-refractivity contribution is 5.52. The molecule has 0 aliphatic heterocycles. The van der Waals surface area contributed by atoms with E-state index in [0.717, 1.165) is 18.2 Å². The van der Waals surface area contributed by atoms with E-state index in [9.17, 15) is 0 Å². The van der Waals surface area contributed by atoms with Crippen LogP contribution >= 0.6 is 0 Å². The number of aromatic nitrogens is 1. The Morgan fingerprint density at radius 2 is 2.05 bits per heavy atom. The van der Waals surface area contributed by atoms with Crippen LogP contribution in [0, 0.1) is 0 Å². The lowest BCUT2D eigenvalue weighted by atomic mass is 10.0. The number of hydrogen-bond donors (Lipinski definition) is 1. The van der Waals surface area contributed by atoms with E-state index in [0.29, 0.717) is 12.5 Å². The molecule has 0 amide bonds. The predicted octanol–water partition coefficient (Wildman–Crippen LogP) is 3.97. The Balaban J connectivity index is 1.73. The Hall–Kier alpha value is -2.03. The predicted molar refractivity (Wildman–Crippen MR) is 81.1 cm³/mol. The minimum Gasteiger partial charge on any atom is -0.476 e. The zero-order valence-electron chi connectivity index (χ0n) is 11.8. The van der Waals surface area contributed by atoms with E-state index in [-0.39, 0.29) is 0 Å². The van der Waals surface area contributed by atoms with E-state index in [1.807, 2.05) is 19.1 Å². The van der Waals surface area contributed by atoms with Crippen molar-refractivity contribution in [2.24, 2.45) is 0 Å². The maximum atomic E-state index is 5.54. The van der Waals surface area contributed by atoms with Crippen molar-refractivity contribution in [1.29, 1.82) is 0 Å². The molecule has 104 valence electrons. The lowest BCUT2D eigenvalue weighted by molar-refractivity contribution is 0.328. The maximum Gasteiger partial charge on any atom is 0.237 e. The summed E-state index contributed by atoms with van der Waals surface area (Å²) in [6, 6.07) is 12.6. The second kappa shape index (κ2) is 5.95. The SMILES string of the molecule is CCOc1ncccc1NCc1ccccc1C1CC1. The van der Waals surface area contributed by atoms with Crippen LogP contribution in [0.1, 0.15) is 36.8 Å². The van der Waals surface area contributed by atoms with Gasteiger partial charge in [0.05, 0.1) is 12.3 Å². The minimum absolute atomic E-state index is 0.629. The van der Waals surface area contributed by atoms with E-state index in [1.165, 1.54) is 24.0 Å². The van der Waals surface area contributed by atoms with Crippen molar-refractivity contribution in [1.82, 2.24) is 4.98 Å². The Morgan fingerprint density at radius 1 is 1.20 bits per heavy atom. The van der Waals surface area contributed by atoms with Gasteiger partial charge in [0, 0.05) is 12.7 Å². The molecule has 1 aliphatic carbocycles. The molecule has 0 bridgehead atoms. The van der Waals surface area contributed by atoms with Crippen LogP contribution in [0.3, 0.4) is 0 Å². The molecule has 3 rings (SSSR count). The highest BCUT2D eigenvalue weighted by Crippen LogP contribution is 2.41. The number of benzene rings is 1. The fraction of sp³-hybridized carbons (Fsp3) is 0.353. The number of pyridine rings is 1. The lowest BCUT2D eigenvalue weighted by Crippen LogP contribution is -2.05. The first-order valence-electron chi connectivity index (χ1n) is 7.28. The smallest absolute Gasteiger partial charge is 0.237 e. The molecule has 20 heavy (non-hydrogen) atoms.